The third-order valence-electron chi connectivity index (χ3n) is 2.48. The number of carboxylic acids is 1. The van der Waals surface area contributed by atoms with Crippen LogP contribution < -0.4 is 0 Å². The largest absolute Gasteiger partial charge is 0.478 e. The van der Waals surface area contributed by atoms with Crippen LogP contribution in [0.1, 0.15) is 25.2 Å². The minimum atomic E-state index is -0.929. The van der Waals surface area contributed by atoms with Crippen molar-refractivity contribution in [3.8, 4) is 0 Å². The van der Waals surface area contributed by atoms with Crippen molar-refractivity contribution < 1.29 is 9.90 Å². The van der Waals surface area contributed by atoms with Crippen molar-refractivity contribution in [3.05, 3.63) is 36.4 Å². The Morgan fingerprint density at radius 1 is 1.73 bits per heavy atom. The molecule has 4 heteroatoms. The maximum Gasteiger partial charge on any atom is 0.328 e. The van der Waals surface area contributed by atoms with Crippen LogP contribution in [0.25, 0.3) is 5.57 Å². The van der Waals surface area contributed by atoms with Crippen molar-refractivity contribution in [3.63, 3.8) is 0 Å². The molecule has 0 aliphatic carbocycles. The number of hydrogen-bond donors (Lipinski definition) is 1. The Bertz CT molecular complexity index is 443. The number of allylic oxidation sites excluding steroid dienone is 3. The van der Waals surface area contributed by atoms with Gasteiger partial charge in [-0.25, -0.2) is 9.78 Å². The summed E-state index contributed by atoms with van der Waals surface area (Å²) in [5.74, 6) is 0.0128. The van der Waals surface area contributed by atoms with E-state index in [0.717, 1.165) is 23.9 Å². The van der Waals surface area contributed by atoms with Crippen LogP contribution >= 0.6 is 0 Å². The zero-order valence-corrected chi connectivity index (χ0v) is 8.42. The fourth-order valence-corrected chi connectivity index (χ4v) is 1.81. The van der Waals surface area contributed by atoms with Gasteiger partial charge < -0.3 is 9.67 Å². The van der Waals surface area contributed by atoms with Gasteiger partial charge in [-0.05, 0) is 18.9 Å². The second kappa shape index (κ2) is 3.73. The molecule has 1 atom stereocenters. The van der Waals surface area contributed by atoms with E-state index in [-0.39, 0.29) is 0 Å². The Balaban J connectivity index is 2.24. The molecule has 1 N–H and O–H groups in total. The van der Waals surface area contributed by atoms with Crippen molar-refractivity contribution in [2.24, 2.45) is 0 Å². The number of nitrogens with zero attached hydrogens (tertiary/aromatic N) is 2. The number of imidazole rings is 1. The summed E-state index contributed by atoms with van der Waals surface area (Å²) in [6.07, 6.45) is 9.11. The van der Waals surface area contributed by atoms with Gasteiger partial charge in [0.25, 0.3) is 0 Å². The lowest BCUT2D eigenvalue weighted by Gasteiger charge is -2.01. The van der Waals surface area contributed by atoms with E-state index in [1.807, 2.05) is 12.3 Å². The summed E-state index contributed by atoms with van der Waals surface area (Å²) in [6.45, 7) is 2.12. The first-order valence-corrected chi connectivity index (χ1v) is 4.82. The van der Waals surface area contributed by atoms with E-state index < -0.39 is 5.97 Å². The maximum atomic E-state index is 10.3. The summed E-state index contributed by atoms with van der Waals surface area (Å²) in [7, 11) is 0. The Morgan fingerprint density at radius 2 is 2.53 bits per heavy atom. The smallest absolute Gasteiger partial charge is 0.328 e. The minimum Gasteiger partial charge on any atom is -0.478 e. The average molecular weight is 204 g/mol. The van der Waals surface area contributed by atoms with Crippen LogP contribution in [0.2, 0.25) is 0 Å². The van der Waals surface area contributed by atoms with Crippen molar-refractivity contribution in [1.82, 2.24) is 9.55 Å². The van der Waals surface area contributed by atoms with Gasteiger partial charge in [0.1, 0.15) is 5.82 Å². The second-order valence-corrected chi connectivity index (χ2v) is 3.60. The minimum absolute atomic E-state index is 0.409. The van der Waals surface area contributed by atoms with Crippen LogP contribution in [0.4, 0.5) is 0 Å². The van der Waals surface area contributed by atoms with Gasteiger partial charge in [-0.3, -0.25) is 0 Å². The first-order chi connectivity index (χ1) is 7.18. The van der Waals surface area contributed by atoms with Gasteiger partial charge >= 0.3 is 5.97 Å². The highest BCUT2D eigenvalue weighted by molar-refractivity contribution is 5.80. The van der Waals surface area contributed by atoms with Crippen LogP contribution in [-0.2, 0) is 4.79 Å². The van der Waals surface area contributed by atoms with Gasteiger partial charge in [0.15, 0.2) is 0 Å². The molecule has 1 aromatic rings. The Kier molecular flexibility index (Phi) is 2.41. The summed E-state index contributed by atoms with van der Waals surface area (Å²) in [6, 6.07) is 0.409. The zero-order chi connectivity index (χ0) is 10.8. The maximum absolute atomic E-state index is 10.3. The standard InChI is InChI=1S/C11H12N2O2/c1-8-7-9(3-2-4-10(14)15)11-12-5-6-13(8)11/h2-6,8H,7H2,1H3,(H,14,15)/b4-2+,9-3-. The molecule has 0 amide bonds. The van der Waals surface area contributed by atoms with Crippen LogP contribution in [0.5, 0.6) is 0 Å². The normalized spacial score (nSPS) is 22.5. The molecule has 0 aromatic carbocycles. The molecular formula is C11H12N2O2. The van der Waals surface area contributed by atoms with E-state index in [0.29, 0.717) is 6.04 Å². The molecule has 2 rings (SSSR count). The van der Waals surface area contributed by atoms with Crippen LogP contribution in [0, 0.1) is 0 Å². The van der Waals surface area contributed by atoms with E-state index in [4.69, 9.17) is 5.11 Å². The molecule has 0 saturated carbocycles. The molecule has 2 heterocycles. The summed E-state index contributed by atoms with van der Waals surface area (Å²) in [5.41, 5.74) is 1.09. The third kappa shape index (κ3) is 1.83. The molecule has 0 fully saturated rings. The van der Waals surface area contributed by atoms with Gasteiger partial charge in [0.2, 0.25) is 0 Å². The highest BCUT2D eigenvalue weighted by Crippen LogP contribution is 2.33. The first kappa shape index (κ1) is 9.71. The molecule has 1 aromatic heterocycles. The van der Waals surface area contributed by atoms with Crippen LogP contribution in [0.3, 0.4) is 0 Å². The monoisotopic (exact) mass is 204 g/mol. The van der Waals surface area contributed by atoms with E-state index in [1.54, 1.807) is 12.3 Å². The SMILES string of the molecule is CC1C/C(=C/C=C/C(=O)O)c2nccn21. The van der Waals surface area contributed by atoms with Crippen LogP contribution in [0.15, 0.2) is 30.6 Å². The Hall–Kier alpha value is -1.84. The fourth-order valence-electron chi connectivity index (χ4n) is 1.81. The second-order valence-electron chi connectivity index (χ2n) is 3.60. The van der Waals surface area contributed by atoms with Crippen molar-refractivity contribution in [1.29, 1.82) is 0 Å². The Morgan fingerprint density at radius 3 is 3.27 bits per heavy atom. The number of carboxylic acid groups (broad SMARTS) is 1. The predicted molar refractivity (Wildman–Crippen MR) is 56.3 cm³/mol. The topological polar surface area (TPSA) is 55.1 Å². The lowest BCUT2D eigenvalue weighted by molar-refractivity contribution is -0.131. The quantitative estimate of drug-likeness (QED) is 0.748. The lowest BCUT2D eigenvalue weighted by Crippen LogP contribution is -1.95. The summed E-state index contributed by atoms with van der Waals surface area (Å²) >= 11 is 0. The van der Waals surface area contributed by atoms with Gasteiger partial charge in [-0.15, -0.1) is 0 Å². The molecule has 1 aliphatic heterocycles. The van der Waals surface area contributed by atoms with Crippen LogP contribution in [-0.4, -0.2) is 20.6 Å². The van der Waals surface area contributed by atoms with Gasteiger partial charge in [0, 0.05) is 24.5 Å². The molecular weight excluding hydrogens is 192 g/mol. The number of aromatic nitrogens is 2. The van der Waals surface area contributed by atoms with Gasteiger partial charge in [-0.1, -0.05) is 12.2 Å². The van der Waals surface area contributed by atoms with E-state index in [9.17, 15) is 4.79 Å². The molecule has 0 saturated heterocycles. The summed E-state index contributed by atoms with van der Waals surface area (Å²) in [5, 5.41) is 8.46. The molecule has 0 bridgehead atoms. The molecule has 1 unspecified atom stereocenters. The van der Waals surface area contributed by atoms with E-state index in [2.05, 4.69) is 16.5 Å². The van der Waals surface area contributed by atoms with Gasteiger partial charge in [-0.2, -0.15) is 0 Å². The predicted octanol–water partition coefficient (Wildman–Crippen LogP) is 1.87. The number of aliphatic carboxylic acids is 1. The number of rotatable bonds is 2. The van der Waals surface area contributed by atoms with E-state index in [1.165, 1.54) is 0 Å². The summed E-state index contributed by atoms with van der Waals surface area (Å²) < 4.78 is 2.10. The highest BCUT2D eigenvalue weighted by atomic mass is 16.4. The highest BCUT2D eigenvalue weighted by Gasteiger charge is 2.22. The Labute approximate surface area is 87.6 Å². The molecule has 15 heavy (non-hydrogen) atoms. The first-order valence-electron chi connectivity index (χ1n) is 4.82. The molecule has 1 aliphatic rings. The molecule has 4 nitrogen and oxygen atoms in total. The summed E-state index contributed by atoms with van der Waals surface area (Å²) in [4.78, 5) is 14.5. The third-order valence-corrected chi connectivity index (χ3v) is 2.48. The molecule has 0 spiro atoms. The number of carbonyl (C=O) groups is 1. The average Bonchev–Trinajstić information content (AvgIpc) is 2.71. The van der Waals surface area contributed by atoms with E-state index >= 15 is 0 Å². The van der Waals surface area contributed by atoms with Crippen molar-refractivity contribution in [2.45, 2.75) is 19.4 Å². The number of fused-ring (bicyclic) bond motifs is 1. The van der Waals surface area contributed by atoms with Gasteiger partial charge in [0.05, 0.1) is 0 Å². The van der Waals surface area contributed by atoms with Crippen molar-refractivity contribution in [2.75, 3.05) is 0 Å². The fraction of sp³-hybridized carbons (Fsp3) is 0.273. The number of hydrogen-bond acceptors (Lipinski definition) is 2. The lowest BCUT2D eigenvalue weighted by atomic mass is 10.1. The van der Waals surface area contributed by atoms with Crippen molar-refractivity contribution >= 4 is 11.5 Å². The zero-order valence-electron chi connectivity index (χ0n) is 8.42. The molecule has 78 valence electrons. The molecule has 0 radical (unpaired) electrons.